The van der Waals surface area contributed by atoms with Gasteiger partial charge in [0.15, 0.2) is 0 Å². The van der Waals surface area contributed by atoms with Crippen LogP contribution in [0.25, 0.3) is 11.1 Å². The van der Waals surface area contributed by atoms with Crippen LogP contribution in [0.15, 0.2) is 54.9 Å². The van der Waals surface area contributed by atoms with Gasteiger partial charge in [-0.3, -0.25) is 9.69 Å². The molecule has 7 heteroatoms. The molecule has 1 N–H and O–H groups in total. The lowest BCUT2D eigenvalue weighted by molar-refractivity contribution is -0.142. The van der Waals surface area contributed by atoms with Crippen LogP contribution in [-0.2, 0) is 16.8 Å². The predicted octanol–water partition coefficient (Wildman–Crippen LogP) is 5.69. The molecular weight excluding hydrogens is 467 g/mol. The maximum atomic E-state index is 13.6. The first-order valence-corrected chi connectivity index (χ1v) is 12.9. The second kappa shape index (κ2) is 11.0. The summed E-state index contributed by atoms with van der Waals surface area (Å²) in [6.07, 6.45) is 4.55. The average molecular weight is 505 g/mol. The fraction of sp³-hybridized carbons (Fsp3) is 0.433. The molecule has 1 aromatic heterocycles. The van der Waals surface area contributed by atoms with Crippen LogP contribution in [0.3, 0.4) is 0 Å². The molecule has 37 heavy (non-hydrogen) atoms. The van der Waals surface area contributed by atoms with Gasteiger partial charge in [0.25, 0.3) is 0 Å². The molecule has 0 radical (unpaired) electrons. The molecule has 1 aliphatic heterocycles. The highest BCUT2D eigenvalue weighted by Gasteiger charge is 2.32. The summed E-state index contributed by atoms with van der Waals surface area (Å²) in [6, 6.07) is 12.9. The number of carboxylic acids is 1. The van der Waals surface area contributed by atoms with E-state index in [2.05, 4.69) is 39.7 Å². The normalized spacial score (nSPS) is 16.8. The summed E-state index contributed by atoms with van der Waals surface area (Å²) < 4.78 is 13.6. The number of rotatable bonds is 8. The fourth-order valence-electron chi connectivity index (χ4n) is 5.06. The highest BCUT2D eigenvalue weighted by molar-refractivity contribution is 5.80. The van der Waals surface area contributed by atoms with Crippen LogP contribution in [-0.4, -0.2) is 51.6 Å². The molecule has 2 aromatic carbocycles. The molecule has 1 saturated heterocycles. The van der Waals surface area contributed by atoms with Crippen molar-refractivity contribution >= 4 is 11.9 Å². The molecule has 3 aromatic rings. The number of hydrogen-bond acceptors (Lipinski definition) is 5. The Kier molecular flexibility index (Phi) is 7.93. The first-order chi connectivity index (χ1) is 17.5. The minimum absolute atomic E-state index is 0.258. The topological polar surface area (TPSA) is 69.6 Å². The van der Waals surface area contributed by atoms with Gasteiger partial charge in [0.1, 0.15) is 5.82 Å². The number of aromatic nitrogens is 2. The lowest BCUT2D eigenvalue weighted by atomic mass is 9.83. The van der Waals surface area contributed by atoms with Crippen molar-refractivity contribution in [3.63, 3.8) is 0 Å². The van der Waals surface area contributed by atoms with Crippen molar-refractivity contribution in [1.82, 2.24) is 14.9 Å². The van der Waals surface area contributed by atoms with E-state index in [-0.39, 0.29) is 11.9 Å². The summed E-state index contributed by atoms with van der Waals surface area (Å²) in [7, 11) is 0. The van der Waals surface area contributed by atoms with Crippen molar-refractivity contribution in [2.24, 2.45) is 5.92 Å². The number of aliphatic carboxylic acids is 1. The molecule has 0 unspecified atom stereocenters. The number of benzene rings is 2. The monoisotopic (exact) mass is 504 g/mol. The van der Waals surface area contributed by atoms with E-state index in [1.165, 1.54) is 12.1 Å². The molecule has 0 amide bonds. The second-order valence-corrected chi connectivity index (χ2v) is 11.1. The summed E-state index contributed by atoms with van der Waals surface area (Å²) in [5.41, 5.74) is 3.66. The molecule has 4 rings (SSSR count). The minimum atomic E-state index is -0.936. The van der Waals surface area contributed by atoms with Gasteiger partial charge >= 0.3 is 5.97 Å². The summed E-state index contributed by atoms with van der Waals surface area (Å²) in [6.45, 7) is 13.3. The van der Waals surface area contributed by atoms with Crippen molar-refractivity contribution in [2.45, 2.75) is 59.0 Å². The van der Waals surface area contributed by atoms with Gasteiger partial charge in [0.2, 0.25) is 5.95 Å². The van der Waals surface area contributed by atoms with Gasteiger partial charge in [-0.15, -0.1) is 0 Å². The van der Waals surface area contributed by atoms with Gasteiger partial charge in [-0.2, -0.15) is 0 Å². The number of aryl methyl sites for hydroxylation is 1. The van der Waals surface area contributed by atoms with Gasteiger partial charge in [-0.05, 0) is 61.9 Å². The minimum Gasteiger partial charge on any atom is -0.481 e. The van der Waals surface area contributed by atoms with E-state index in [4.69, 9.17) is 0 Å². The van der Waals surface area contributed by atoms with Crippen molar-refractivity contribution in [2.75, 3.05) is 24.5 Å². The maximum Gasteiger partial charge on any atom is 0.313 e. The summed E-state index contributed by atoms with van der Waals surface area (Å²) in [5, 5.41) is 9.70. The zero-order chi connectivity index (χ0) is 26.7. The Hall–Kier alpha value is -3.32. The molecule has 0 spiro atoms. The fourth-order valence-corrected chi connectivity index (χ4v) is 5.06. The molecule has 196 valence electrons. The lowest BCUT2D eigenvalue weighted by Crippen LogP contribution is -2.54. The third-order valence-corrected chi connectivity index (χ3v) is 7.16. The van der Waals surface area contributed by atoms with Crippen LogP contribution in [0.4, 0.5) is 10.3 Å². The maximum absolute atomic E-state index is 13.6. The number of hydrogen-bond donors (Lipinski definition) is 1. The largest absolute Gasteiger partial charge is 0.481 e. The number of halogens is 1. The number of anilines is 1. The van der Waals surface area contributed by atoms with Crippen LogP contribution in [0.5, 0.6) is 0 Å². The van der Waals surface area contributed by atoms with Crippen LogP contribution in [0.1, 0.15) is 50.8 Å². The van der Waals surface area contributed by atoms with E-state index in [0.29, 0.717) is 11.9 Å². The smallest absolute Gasteiger partial charge is 0.313 e. The Balaban J connectivity index is 1.51. The lowest BCUT2D eigenvalue weighted by Gasteiger charge is -2.42. The van der Waals surface area contributed by atoms with E-state index in [0.717, 1.165) is 60.4 Å². The standard InChI is InChI=1S/C30H37FN4O2/c1-20(2)11-27-19-34(18-22-12-21(3)13-25(14-22)30(4,5)28(36)37)9-10-35(27)29-32-16-24(17-33-29)23-7-6-8-26(31)15-23/h6-8,12-17,20,27H,9-11,18-19H2,1-5H3,(H,36,37)/t27-/m1/s1. The summed E-state index contributed by atoms with van der Waals surface area (Å²) in [5.74, 6) is 0.118. The highest BCUT2D eigenvalue weighted by Crippen LogP contribution is 2.28. The summed E-state index contributed by atoms with van der Waals surface area (Å²) in [4.78, 5) is 25.9. The Labute approximate surface area is 219 Å². The quantitative estimate of drug-likeness (QED) is 0.425. The van der Waals surface area contributed by atoms with E-state index < -0.39 is 11.4 Å². The molecule has 1 fully saturated rings. The van der Waals surface area contributed by atoms with Crippen LogP contribution in [0, 0.1) is 18.7 Å². The average Bonchev–Trinajstić information content (AvgIpc) is 2.83. The van der Waals surface area contributed by atoms with E-state index in [1.807, 2.05) is 25.1 Å². The molecule has 1 atom stereocenters. The zero-order valence-electron chi connectivity index (χ0n) is 22.4. The molecule has 0 bridgehead atoms. The highest BCUT2D eigenvalue weighted by atomic mass is 19.1. The first-order valence-electron chi connectivity index (χ1n) is 12.9. The summed E-state index contributed by atoms with van der Waals surface area (Å²) >= 11 is 0. The van der Waals surface area contributed by atoms with Crippen LogP contribution >= 0.6 is 0 Å². The molecule has 0 aliphatic carbocycles. The molecule has 0 saturated carbocycles. The molecular formula is C30H37FN4O2. The molecule has 2 heterocycles. The third-order valence-electron chi connectivity index (χ3n) is 7.16. The first kappa shape index (κ1) is 26.7. The van der Waals surface area contributed by atoms with Crippen molar-refractivity contribution in [3.8, 4) is 11.1 Å². The predicted molar refractivity (Wildman–Crippen MR) is 145 cm³/mol. The Morgan fingerprint density at radius 2 is 1.84 bits per heavy atom. The Bertz CT molecular complexity index is 1240. The van der Waals surface area contributed by atoms with Crippen LogP contribution in [0.2, 0.25) is 0 Å². The van der Waals surface area contributed by atoms with Crippen molar-refractivity contribution in [1.29, 1.82) is 0 Å². The van der Waals surface area contributed by atoms with Gasteiger partial charge in [0, 0.05) is 50.2 Å². The van der Waals surface area contributed by atoms with E-state index in [9.17, 15) is 14.3 Å². The number of nitrogens with zero attached hydrogens (tertiary/aromatic N) is 4. The Morgan fingerprint density at radius 1 is 1.11 bits per heavy atom. The van der Waals surface area contributed by atoms with Gasteiger partial charge < -0.3 is 10.0 Å². The number of carboxylic acid groups (broad SMARTS) is 1. The second-order valence-electron chi connectivity index (χ2n) is 11.1. The number of piperazine rings is 1. The van der Waals surface area contributed by atoms with E-state index >= 15 is 0 Å². The number of carbonyl (C=O) groups is 1. The van der Waals surface area contributed by atoms with Crippen LogP contribution < -0.4 is 4.90 Å². The van der Waals surface area contributed by atoms with Gasteiger partial charge in [0.05, 0.1) is 5.41 Å². The van der Waals surface area contributed by atoms with E-state index in [1.54, 1.807) is 32.3 Å². The zero-order valence-corrected chi connectivity index (χ0v) is 22.4. The Morgan fingerprint density at radius 3 is 2.49 bits per heavy atom. The molecule has 6 nitrogen and oxygen atoms in total. The van der Waals surface area contributed by atoms with Crippen molar-refractivity contribution < 1.29 is 14.3 Å². The SMILES string of the molecule is Cc1cc(CN2CCN(c3ncc(-c4cccc(F)c4)cn3)[C@H](CC(C)C)C2)cc(C(C)(C)C(=O)O)c1. The third kappa shape index (κ3) is 6.34. The van der Waals surface area contributed by atoms with Crippen molar-refractivity contribution in [3.05, 3.63) is 77.4 Å². The van der Waals surface area contributed by atoms with Gasteiger partial charge in [-0.1, -0.05) is 49.7 Å². The van der Waals surface area contributed by atoms with Gasteiger partial charge in [-0.25, -0.2) is 14.4 Å². The molecule has 1 aliphatic rings.